The molecule has 18 heavy (non-hydrogen) atoms. The number of H-pyrrole nitrogens is 1. The van der Waals surface area contributed by atoms with E-state index in [1.807, 2.05) is 0 Å². The largest absolute Gasteiger partial charge is 0.342 e. The highest BCUT2D eigenvalue weighted by Gasteiger charge is 2.13. The van der Waals surface area contributed by atoms with Crippen LogP contribution < -0.4 is 5.32 Å². The fraction of sp³-hybridized carbons (Fsp3) is 0.533. The summed E-state index contributed by atoms with van der Waals surface area (Å²) in [5, 5.41) is 3.59. The second-order valence-corrected chi connectivity index (χ2v) is 5.39. The Balaban J connectivity index is 1.67. The van der Waals surface area contributed by atoms with Crippen molar-refractivity contribution >= 4 is 11.0 Å². The molecule has 1 aromatic heterocycles. The van der Waals surface area contributed by atoms with Crippen molar-refractivity contribution in [2.24, 2.45) is 0 Å². The molecular formula is C15H21N3. The first kappa shape index (κ1) is 11.7. The summed E-state index contributed by atoms with van der Waals surface area (Å²) in [4.78, 5) is 8.09. The van der Waals surface area contributed by atoms with Crippen LogP contribution in [0, 0.1) is 6.92 Å². The molecule has 1 aliphatic rings. The molecule has 2 heterocycles. The Morgan fingerprint density at radius 2 is 2.28 bits per heavy atom. The third kappa shape index (κ3) is 2.56. The van der Waals surface area contributed by atoms with Gasteiger partial charge in [-0.05, 0) is 50.4 Å². The molecule has 0 saturated carbocycles. The summed E-state index contributed by atoms with van der Waals surface area (Å²) >= 11 is 0. The summed E-state index contributed by atoms with van der Waals surface area (Å²) in [6, 6.07) is 7.08. The van der Waals surface area contributed by atoms with Crippen LogP contribution >= 0.6 is 0 Å². The molecule has 2 N–H and O–H groups in total. The maximum atomic E-state index is 4.65. The average Bonchev–Trinajstić information content (AvgIpc) is 2.79. The second kappa shape index (κ2) is 5.11. The summed E-state index contributed by atoms with van der Waals surface area (Å²) in [6.45, 7) is 3.30. The molecular weight excluding hydrogens is 222 g/mol. The van der Waals surface area contributed by atoms with Gasteiger partial charge in [-0.1, -0.05) is 12.5 Å². The topological polar surface area (TPSA) is 40.7 Å². The molecule has 0 radical (unpaired) electrons. The Bertz CT molecular complexity index is 524. The van der Waals surface area contributed by atoms with Crippen LogP contribution in [-0.4, -0.2) is 22.6 Å². The zero-order chi connectivity index (χ0) is 12.4. The Kier molecular flexibility index (Phi) is 3.33. The first-order valence-electron chi connectivity index (χ1n) is 7.00. The number of hydrogen-bond acceptors (Lipinski definition) is 2. The SMILES string of the molecule is Cc1ccc2nc(CCC3CCCCN3)[nH]c2c1. The minimum Gasteiger partial charge on any atom is -0.342 e. The van der Waals surface area contributed by atoms with Gasteiger partial charge in [-0.15, -0.1) is 0 Å². The number of aryl methyl sites for hydroxylation is 2. The van der Waals surface area contributed by atoms with Gasteiger partial charge in [-0.3, -0.25) is 0 Å². The molecule has 1 unspecified atom stereocenters. The number of aromatic amines is 1. The minimum atomic E-state index is 0.689. The number of nitrogens with zero attached hydrogens (tertiary/aromatic N) is 1. The Hall–Kier alpha value is -1.35. The lowest BCUT2D eigenvalue weighted by atomic mass is 10.0. The van der Waals surface area contributed by atoms with Gasteiger partial charge in [0.25, 0.3) is 0 Å². The lowest BCUT2D eigenvalue weighted by Gasteiger charge is -2.22. The predicted octanol–water partition coefficient (Wildman–Crippen LogP) is 2.95. The van der Waals surface area contributed by atoms with E-state index >= 15 is 0 Å². The summed E-state index contributed by atoms with van der Waals surface area (Å²) in [5.41, 5.74) is 3.54. The highest BCUT2D eigenvalue weighted by atomic mass is 14.9. The van der Waals surface area contributed by atoms with Crippen molar-refractivity contribution in [2.45, 2.75) is 45.1 Å². The number of nitrogens with one attached hydrogen (secondary N) is 2. The van der Waals surface area contributed by atoms with Gasteiger partial charge in [0.05, 0.1) is 11.0 Å². The summed E-state index contributed by atoms with van der Waals surface area (Å²) in [5.74, 6) is 1.13. The van der Waals surface area contributed by atoms with Gasteiger partial charge in [0.2, 0.25) is 0 Å². The molecule has 96 valence electrons. The van der Waals surface area contributed by atoms with Crippen LogP contribution in [0.15, 0.2) is 18.2 Å². The molecule has 0 aliphatic carbocycles. The van der Waals surface area contributed by atoms with Crippen molar-refractivity contribution in [2.75, 3.05) is 6.54 Å². The smallest absolute Gasteiger partial charge is 0.107 e. The van der Waals surface area contributed by atoms with Crippen molar-refractivity contribution in [1.29, 1.82) is 0 Å². The lowest BCUT2D eigenvalue weighted by molar-refractivity contribution is 0.381. The van der Waals surface area contributed by atoms with E-state index in [4.69, 9.17) is 0 Å². The molecule has 1 aromatic carbocycles. The van der Waals surface area contributed by atoms with Gasteiger partial charge in [0.15, 0.2) is 0 Å². The molecule has 3 heteroatoms. The minimum absolute atomic E-state index is 0.689. The number of benzene rings is 1. The molecule has 0 spiro atoms. The van der Waals surface area contributed by atoms with Crippen molar-refractivity contribution in [1.82, 2.24) is 15.3 Å². The highest BCUT2D eigenvalue weighted by molar-refractivity contribution is 5.75. The van der Waals surface area contributed by atoms with E-state index in [0.29, 0.717) is 6.04 Å². The van der Waals surface area contributed by atoms with E-state index in [1.165, 1.54) is 43.3 Å². The number of rotatable bonds is 3. The van der Waals surface area contributed by atoms with Gasteiger partial charge < -0.3 is 10.3 Å². The molecule has 0 amide bonds. The fourth-order valence-corrected chi connectivity index (χ4v) is 2.78. The zero-order valence-electron chi connectivity index (χ0n) is 11.0. The number of fused-ring (bicyclic) bond motifs is 1. The average molecular weight is 243 g/mol. The van der Waals surface area contributed by atoms with E-state index in [-0.39, 0.29) is 0 Å². The molecule has 0 bridgehead atoms. The summed E-state index contributed by atoms with van der Waals surface area (Å²) in [7, 11) is 0. The summed E-state index contributed by atoms with van der Waals surface area (Å²) < 4.78 is 0. The number of imidazole rings is 1. The molecule has 3 rings (SSSR count). The maximum absolute atomic E-state index is 4.65. The van der Waals surface area contributed by atoms with Crippen LogP contribution in [-0.2, 0) is 6.42 Å². The quantitative estimate of drug-likeness (QED) is 0.870. The van der Waals surface area contributed by atoms with Gasteiger partial charge in [0, 0.05) is 12.5 Å². The molecule has 2 aromatic rings. The maximum Gasteiger partial charge on any atom is 0.107 e. The zero-order valence-corrected chi connectivity index (χ0v) is 11.0. The molecule has 1 saturated heterocycles. The van der Waals surface area contributed by atoms with Crippen molar-refractivity contribution < 1.29 is 0 Å². The van der Waals surface area contributed by atoms with Gasteiger partial charge in [-0.2, -0.15) is 0 Å². The van der Waals surface area contributed by atoms with Gasteiger partial charge in [0.1, 0.15) is 5.82 Å². The fourth-order valence-electron chi connectivity index (χ4n) is 2.78. The highest BCUT2D eigenvalue weighted by Crippen LogP contribution is 2.16. The van der Waals surface area contributed by atoms with Gasteiger partial charge >= 0.3 is 0 Å². The third-order valence-corrected chi connectivity index (χ3v) is 3.83. The normalized spacial score (nSPS) is 20.4. The van der Waals surface area contributed by atoms with Crippen LogP contribution in [0.1, 0.15) is 37.1 Å². The van der Waals surface area contributed by atoms with E-state index in [9.17, 15) is 0 Å². The van der Waals surface area contributed by atoms with Crippen LogP contribution in [0.3, 0.4) is 0 Å². The van der Waals surface area contributed by atoms with E-state index in [1.54, 1.807) is 0 Å². The Morgan fingerprint density at radius 1 is 1.33 bits per heavy atom. The monoisotopic (exact) mass is 243 g/mol. The summed E-state index contributed by atoms with van der Waals surface area (Å²) in [6.07, 6.45) is 6.26. The third-order valence-electron chi connectivity index (χ3n) is 3.83. The van der Waals surface area contributed by atoms with E-state index in [2.05, 4.69) is 40.4 Å². The van der Waals surface area contributed by atoms with Crippen LogP contribution in [0.25, 0.3) is 11.0 Å². The van der Waals surface area contributed by atoms with Gasteiger partial charge in [-0.25, -0.2) is 4.98 Å². The second-order valence-electron chi connectivity index (χ2n) is 5.39. The molecule has 1 aliphatic heterocycles. The first-order chi connectivity index (χ1) is 8.81. The van der Waals surface area contributed by atoms with E-state index in [0.717, 1.165) is 17.8 Å². The Labute approximate surface area is 108 Å². The Morgan fingerprint density at radius 3 is 3.11 bits per heavy atom. The van der Waals surface area contributed by atoms with Crippen LogP contribution in [0.5, 0.6) is 0 Å². The van der Waals surface area contributed by atoms with Crippen LogP contribution in [0.2, 0.25) is 0 Å². The van der Waals surface area contributed by atoms with Crippen molar-refractivity contribution in [3.05, 3.63) is 29.6 Å². The number of hydrogen-bond donors (Lipinski definition) is 2. The molecule has 3 nitrogen and oxygen atoms in total. The standard InChI is InChI=1S/C15H21N3/c1-11-5-7-13-14(10-11)18-15(17-13)8-6-12-4-2-3-9-16-12/h5,7,10,12,16H,2-4,6,8-9H2,1H3,(H,17,18). The number of aromatic nitrogens is 2. The van der Waals surface area contributed by atoms with E-state index < -0.39 is 0 Å². The van der Waals surface area contributed by atoms with Crippen LogP contribution in [0.4, 0.5) is 0 Å². The van der Waals surface area contributed by atoms with Crippen molar-refractivity contribution in [3.8, 4) is 0 Å². The number of piperidine rings is 1. The van der Waals surface area contributed by atoms with Crippen molar-refractivity contribution in [3.63, 3.8) is 0 Å². The first-order valence-corrected chi connectivity index (χ1v) is 7.00. The lowest BCUT2D eigenvalue weighted by Crippen LogP contribution is -2.34. The molecule has 1 atom stereocenters. The molecule has 1 fully saturated rings. The predicted molar refractivity (Wildman–Crippen MR) is 74.8 cm³/mol.